The zero-order valence-electron chi connectivity index (χ0n) is 6.60. The minimum atomic E-state index is -4.41. The van der Waals surface area contributed by atoms with Crippen molar-refractivity contribution in [1.29, 1.82) is 0 Å². The van der Waals surface area contributed by atoms with Crippen LogP contribution in [0.3, 0.4) is 0 Å². The maximum absolute atomic E-state index is 12.2. The van der Waals surface area contributed by atoms with Gasteiger partial charge in [-0.3, -0.25) is 0 Å². The SMILES string of the molecule is NCc1cc(O)ccc1C(F)(F)F. The van der Waals surface area contributed by atoms with Gasteiger partial charge in [-0.1, -0.05) is 0 Å². The summed E-state index contributed by atoms with van der Waals surface area (Å²) in [5, 5.41) is 8.91. The lowest BCUT2D eigenvalue weighted by molar-refractivity contribution is -0.138. The third-order valence-corrected chi connectivity index (χ3v) is 1.61. The normalized spacial score (nSPS) is 11.7. The average Bonchev–Trinajstić information content (AvgIpc) is 2.01. The number of rotatable bonds is 1. The first-order valence-corrected chi connectivity index (χ1v) is 3.54. The van der Waals surface area contributed by atoms with Gasteiger partial charge in [-0.25, -0.2) is 0 Å². The molecule has 72 valence electrons. The van der Waals surface area contributed by atoms with E-state index in [0.29, 0.717) is 0 Å². The lowest BCUT2D eigenvalue weighted by atomic mass is 10.1. The maximum Gasteiger partial charge on any atom is 0.416 e. The number of halogens is 3. The molecule has 5 heteroatoms. The van der Waals surface area contributed by atoms with Crippen molar-refractivity contribution in [2.24, 2.45) is 5.73 Å². The number of benzene rings is 1. The monoisotopic (exact) mass is 191 g/mol. The maximum atomic E-state index is 12.2. The van der Waals surface area contributed by atoms with Gasteiger partial charge in [0, 0.05) is 6.54 Å². The smallest absolute Gasteiger partial charge is 0.416 e. The second-order valence-electron chi connectivity index (χ2n) is 2.54. The summed E-state index contributed by atoms with van der Waals surface area (Å²) in [6.07, 6.45) is -4.41. The van der Waals surface area contributed by atoms with Gasteiger partial charge in [0.1, 0.15) is 5.75 Å². The Bertz CT molecular complexity index is 309. The number of hydrogen-bond acceptors (Lipinski definition) is 2. The molecule has 0 saturated carbocycles. The van der Waals surface area contributed by atoms with Gasteiger partial charge < -0.3 is 10.8 Å². The molecule has 0 aliphatic rings. The van der Waals surface area contributed by atoms with Gasteiger partial charge in [-0.2, -0.15) is 13.2 Å². The molecule has 2 nitrogen and oxygen atoms in total. The minimum Gasteiger partial charge on any atom is -0.508 e. The van der Waals surface area contributed by atoms with E-state index in [4.69, 9.17) is 10.8 Å². The molecule has 0 amide bonds. The topological polar surface area (TPSA) is 46.2 Å². The molecule has 13 heavy (non-hydrogen) atoms. The van der Waals surface area contributed by atoms with Crippen molar-refractivity contribution in [3.8, 4) is 5.75 Å². The van der Waals surface area contributed by atoms with Gasteiger partial charge in [0.25, 0.3) is 0 Å². The molecule has 0 aliphatic carbocycles. The highest BCUT2D eigenvalue weighted by molar-refractivity contribution is 5.36. The van der Waals surface area contributed by atoms with E-state index in [-0.39, 0.29) is 17.9 Å². The Morgan fingerprint density at radius 1 is 1.31 bits per heavy atom. The van der Waals surface area contributed by atoms with Crippen LogP contribution in [0.4, 0.5) is 13.2 Å². The Morgan fingerprint density at radius 3 is 2.38 bits per heavy atom. The van der Waals surface area contributed by atoms with E-state index in [1.807, 2.05) is 0 Å². The Kier molecular flexibility index (Phi) is 2.47. The van der Waals surface area contributed by atoms with Crippen LogP contribution >= 0.6 is 0 Å². The summed E-state index contributed by atoms with van der Waals surface area (Å²) < 4.78 is 36.7. The first kappa shape index (κ1) is 9.85. The summed E-state index contributed by atoms with van der Waals surface area (Å²) in [5.41, 5.74) is 4.20. The van der Waals surface area contributed by atoms with Crippen molar-refractivity contribution in [3.05, 3.63) is 29.3 Å². The van der Waals surface area contributed by atoms with Crippen LogP contribution < -0.4 is 5.73 Å². The predicted molar refractivity (Wildman–Crippen MR) is 41.0 cm³/mol. The molecule has 1 aromatic rings. The van der Waals surface area contributed by atoms with Gasteiger partial charge in [0.2, 0.25) is 0 Å². The van der Waals surface area contributed by atoms with E-state index in [1.165, 1.54) is 0 Å². The van der Waals surface area contributed by atoms with Gasteiger partial charge in [0.05, 0.1) is 5.56 Å². The molecule has 0 bridgehead atoms. The first-order chi connectivity index (χ1) is 5.95. The fourth-order valence-electron chi connectivity index (χ4n) is 1.03. The molecule has 3 N–H and O–H groups in total. The van der Waals surface area contributed by atoms with Crippen LogP contribution in [-0.2, 0) is 12.7 Å². The van der Waals surface area contributed by atoms with E-state index in [2.05, 4.69) is 0 Å². The zero-order valence-corrected chi connectivity index (χ0v) is 6.60. The standard InChI is InChI=1S/C8H8F3NO/c9-8(10,11)7-2-1-6(13)3-5(7)4-12/h1-3,13H,4,12H2. The van der Waals surface area contributed by atoms with Crippen molar-refractivity contribution < 1.29 is 18.3 Å². The summed E-state index contributed by atoms with van der Waals surface area (Å²) >= 11 is 0. The molecular weight excluding hydrogens is 183 g/mol. The fourth-order valence-corrected chi connectivity index (χ4v) is 1.03. The summed E-state index contributed by atoms with van der Waals surface area (Å²) in [4.78, 5) is 0. The Balaban J connectivity index is 3.22. The van der Waals surface area contributed by atoms with Crippen LogP contribution in [0.25, 0.3) is 0 Å². The number of aromatic hydroxyl groups is 1. The highest BCUT2D eigenvalue weighted by atomic mass is 19.4. The average molecular weight is 191 g/mol. The molecule has 0 heterocycles. The number of phenols is 1. The molecule has 0 fully saturated rings. The fraction of sp³-hybridized carbons (Fsp3) is 0.250. The summed E-state index contributed by atoms with van der Waals surface area (Å²) in [7, 11) is 0. The van der Waals surface area contributed by atoms with Crippen LogP contribution in [0.2, 0.25) is 0 Å². The number of alkyl halides is 3. The quantitative estimate of drug-likeness (QED) is 0.711. The molecule has 1 aromatic carbocycles. The lowest BCUT2D eigenvalue weighted by Gasteiger charge is -2.11. The van der Waals surface area contributed by atoms with Crippen LogP contribution in [-0.4, -0.2) is 5.11 Å². The van der Waals surface area contributed by atoms with E-state index < -0.39 is 11.7 Å². The molecular formula is C8H8F3NO. The lowest BCUT2D eigenvalue weighted by Crippen LogP contribution is -2.11. The van der Waals surface area contributed by atoms with E-state index in [0.717, 1.165) is 18.2 Å². The van der Waals surface area contributed by atoms with Gasteiger partial charge >= 0.3 is 6.18 Å². The second-order valence-corrected chi connectivity index (χ2v) is 2.54. The molecule has 0 spiro atoms. The van der Waals surface area contributed by atoms with E-state index >= 15 is 0 Å². The third kappa shape index (κ3) is 2.12. The highest BCUT2D eigenvalue weighted by Gasteiger charge is 2.32. The molecule has 1 rings (SSSR count). The van der Waals surface area contributed by atoms with Crippen LogP contribution in [0, 0.1) is 0 Å². The first-order valence-electron chi connectivity index (χ1n) is 3.54. The van der Waals surface area contributed by atoms with E-state index in [9.17, 15) is 13.2 Å². The second kappa shape index (κ2) is 3.26. The van der Waals surface area contributed by atoms with Crippen LogP contribution in [0.15, 0.2) is 18.2 Å². The third-order valence-electron chi connectivity index (χ3n) is 1.61. The van der Waals surface area contributed by atoms with Crippen molar-refractivity contribution >= 4 is 0 Å². The summed E-state index contributed by atoms with van der Waals surface area (Å²) in [5.74, 6) is -0.214. The predicted octanol–water partition coefficient (Wildman–Crippen LogP) is 1.87. The summed E-state index contributed by atoms with van der Waals surface area (Å²) in [6, 6.07) is 2.82. The van der Waals surface area contributed by atoms with Crippen molar-refractivity contribution in [2.45, 2.75) is 12.7 Å². The Hall–Kier alpha value is -1.23. The molecule has 0 unspecified atom stereocenters. The largest absolute Gasteiger partial charge is 0.508 e. The van der Waals surface area contributed by atoms with Crippen LogP contribution in [0.5, 0.6) is 5.75 Å². The zero-order chi connectivity index (χ0) is 10.1. The number of phenolic OH excluding ortho intramolecular Hbond substituents is 1. The van der Waals surface area contributed by atoms with Gasteiger partial charge in [-0.05, 0) is 23.8 Å². The summed E-state index contributed by atoms with van der Waals surface area (Å²) in [6.45, 7) is -0.247. The van der Waals surface area contributed by atoms with Gasteiger partial charge in [-0.15, -0.1) is 0 Å². The highest BCUT2D eigenvalue weighted by Crippen LogP contribution is 2.33. The Morgan fingerprint density at radius 2 is 1.92 bits per heavy atom. The van der Waals surface area contributed by atoms with Crippen LogP contribution in [0.1, 0.15) is 11.1 Å². The van der Waals surface area contributed by atoms with Crippen molar-refractivity contribution in [3.63, 3.8) is 0 Å². The number of nitrogens with two attached hydrogens (primary N) is 1. The molecule has 0 radical (unpaired) electrons. The van der Waals surface area contributed by atoms with E-state index in [1.54, 1.807) is 0 Å². The van der Waals surface area contributed by atoms with Crippen molar-refractivity contribution in [1.82, 2.24) is 0 Å². The molecule has 0 aliphatic heterocycles. The van der Waals surface area contributed by atoms with Crippen molar-refractivity contribution in [2.75, 3.05) is 0 Å². The Labute approximate surface area is 72.8 Å². The molecule has 0 aromatic heterocycles. The molecule has 0 saturated heterocycles. The van der Waals surface area contributed by atoms with Gasteiger partial charge in [0.15, 0.2) is 0 Å². The molecule has 0 atom stereocenters. The minimum absolute atomic E-state index is 0.104. The number of hydrogen-bond donors (Lipinski definition) is 2.